The maximum atomic E-state index is 11.5. The minimum absolute atomic E-state index is 0.0920. The van der Waals surface area contributed by atoms with Crippen molar-refractivity contribution in [2.75, 3.05) is 0 Å². The third-order valence-electron chi connectivity index (χ3n) is 2.42. The summed E-state index contributed by atoms with van der Waals surface area (Å²) in [6.45, 7) is 6.02. The molecule has 17 heavy (non-hydrogen) atoms. The highest BCUT2D eigenvalue weighted by molar-refractivity contribution is 7.09. The summed E-state index contributed by atoms with van der Waals surface area (Å²) in [6, 6.07) is 1.56. The van der Waals surface area contributed by atoms with Crippen LogP contribution in [-0.2, 0) is 6.42 Å². The van der Waals surface area contributed by atoms with Gasteiger partial charge >= 0.3 is 0 Å². The first-order valence-corrected chi connectivity index (χ1v) is 6.43. The number of H-pyrrole nitrogens is 1. The summed E-state index contributed by atoms with van der Waals surface area (Å²) in [7, 11) is 0. The number of aromatic nitrogens is 3. The van der Waals surface area contributed by atoms with Crippen molar-refractivity contribution in [2.24, 2.45) is 0 Å². The Hall–Kier alpha value is -1.49. The standard InChI is InChI=1S/C12H15N3OS/c1-7(2)10-5-12(16)15-11(14-10)4-9-6-17-8(3)13-9/h5-7H,4H2,1-3H3,(H,14,15,16). The summed E-state index contributed by atoms with van der Waals surface area (Å²) in [5.74, 6) is 0.944. The fourth-order valence-corrected chi connectivity index (χ4v) is 2.18. The van der Waals surface area contributed by atoms with Crippen molar-refractivity contribution in [3.05, 3.63) is 44.0 Å². The van der Waals surface area contributed by atoms with Gasteiger partial charge in [-0.15, -0.1) is 11.3 Å². The van der Waals surface area contributed by atoms with Gasteiger partial charge in [0.25, 0.3) is 5.56 Å². The number of rotatable bonds is 3. The zero-order valence-corrected chi connectivity index (χ0v) is 11.0. The van der Waals surface area contributed by atoms with E-state index < -0.39 is 0 Å². The van der Waals surface area contributed by atoms with Crippen LogP contribution in [0.5, 0.6) is 0 Å². The molecule has 0 saturated carbocycles. The Bertz CT molecular complexity index is 571. The Balaban J connectivity index is 2.29. The lowest BCUT2D eigenvalue weighted by Gasteiger charge is -2.05. The van der Waals surface area contributed by atoms with Gasteiger partial charge in [-0.25, -0.2) is 9.97 Å². The van der Waals surface area contributed by atoms with Gasteiger partial charge in [-0.3, -0.25) is 4.79 Å². The number of aryl methyl sites for hydroxylation is 1. The van der Waals surface area contributed by atoms with Gasteiger partial charge in [0.15, 0.2) is 0 Å². The van der Waals surface area contributed by atoms with Crippen molar-refractivity contribution in [3.8, 4) is 0 Å². The third-order valence-corrected chi connectivity index (χ3v) is 3.24. The Kier molecular flexibility index (Phi) is 3.38. The molecule has 5 heteroatoms. The average Bonchev–Trinajstić information content (AvgIpc) is 2.63. The molecule has 2 heterocycles. The lowest BCUT2D eigenvalue weighted by atomic mass is 10.1. The minimum atomic E-state index is -0.0920. The smallest absolute Gasteiger partial charge is 0.251 e. The molecule has 0 aliphatic heterocycles. The van der Waals surface area contributed by atoms with Crippen LogP contribution >= 0.6 is 11.3 Å². The molecule has 0 unspecified atom stereocenters. The normalized spacial score (nSPS) is 11.1. The third kappa shape index (κ3) is 3.00. The van der Waals surface area contributed by atoms with Gasteiger partial charge < -0.3 is 4.98 Å². The molecular formula is C12H15N3OS. The van der Waals surface area contributed by atoms with Crippen molar-refractivity contribution >= 4 is 11.3 Å². The lowest BCUT2D eigenvalue weighted by molar-refractivity contribution is 0.781. The summed E-state index contributed by atoms with van der Waals surface area (Å²) in [5, 5.41) is 3.03. The molecule has 0 aliphatic rings. The average molecular weight is 249 g/mol. The highest BCUT2D eigenvalue weighted by atomic mass is 32.1. The van der Waals surface area contributed by atoms with Gasteiger partial charge in [0.1, 0.15) is 5.82 Å². The topological polar surface area (TPSA) is 58.6 Å². The number of aromatic amines is 1. The second kappa shape index (κ2) is 4.79. The second-order valence-corrected chi connectivity index (χ2v) is 5.37. The van der Waals surface area contributed by atoms with Crippen LogP contribution in [0.4, 0.5) is 0 Å². The molecule has 0 bridgehead atoms. The van der Waals surface area contributed by atoms with Crippen LogP contribution in [-0.4, -0.2) is 15.0 Å². The molecule has 2 aromatic heterocycles. The van der Waals surface area contributed by atoms with Crippen LogP contribution in [0.25, 0.3) is 0 Å². The Morgan fingerprint density at radius 2 is 2.18 bits per heavy atom. The summed E-state index contributed by atoms with van der Waals surface area (Å²) in [4.78, 5) is 23.1. The van der Waals surface area contributed by atoms with Gasteiger partial charge in [-0.2, -0.15) is 0 Å². The molecular weight excluding hydrogens is 234 g/mol. The molecule has 0 atom stereocenters. The van der Waals surface area contributed by atoms with Gasteiger partial charge in [-0.1, -0.05) is 13.8 Å². The molecule has 2 rings (SSSR count). The Labute approximate surface area is 104 Å². The molecule has 0 fully saturated rings. The first kappa shape index (κ1) is 12.0. The van der Waals surface area contributed by atoms with E-state index in [4.69, 9.17) is 0 Å². The van der Waals surface area contributed by atoms with Crippen LogP contribution < -0.4 is 5.56 Å². The maximum Gasteiger partial charge on any atom is 0.251 e. The van der Waals surface area contributed by atoms with Crippen LogP contribution in [0, 0.1) is 6.92 Å². The van der Waals surface area contributed by atoms with E-state index >= 15 is 0 Å². The fraction of sp³-hybridized carbons (Fsp3) is 0.417. The van der Waals surface area contributed by atoms with Gasteiger partial charge in [0.2, 0.25) is 0 Å². The Morgan fingerprint density at radius 1 is 1.41 bits per heavy atom. The molecule has 0 saturated heterocycles. The van der Waals surface area contributed by atoms with Crippen molar-refractivity contribution < 1.29 is 0 Å². The van der Waals surface area contributed by atoms with E-state index in [1.165, 1.54) is 0 Å². The lowest BCUT2D eigenvalue weighted by Crippen LogP contribution is -2.14. The molecule has 1 N–H and O–H groups in total. The van der Waals surface area contributed by atoms with Crippen LogP contribution in [0.3, 0.4) is 0 Å². The van der Waals surface area contributed by atoms with E-state index in [-0.39, 0.29) is 11.5 Å². The van der Waals surface area contributed by atoms with Gasteiger partial charge in [0.05, 0.1) is 16.4 Å². The highest BCUT2D eigenvalue weighted by Gasteiger charge is 2.07. The molecule has 90 valence electrons. The van der Waals surface area contributed by atoms with E-state index in [2.05, 4.69) is 15.0 Å². The zero-order valence-electron chi connectivity index (χ0n) is 10.2. The van der Waals surface area contributed by atoms with Crippen LogP contribution in [0.1, 0.15) is 42.0 Å². The summed E-state index contributed by atoms with van der Waals surface area (Å²) in [5.41, 5.74) is 1.69. The molecule has 0 amide bonds. The number of nitrogens with zero attached hydrogens (tertiary/aromatic N) is 2. The maximum absolute atomic E-state index is 11.5. The number of nitrogens with one attached hydrogen (secondary N) is 1. The van der Waals surface area contributed by atoms with Crippen LogP contribution in [0.15, 0.2) is 16.2 Å². The van der Waals surface area contributed by atoms with Crippen molar-refractivity contribution in [1.29, 1.82) is 0 Å². The van der Waals surface area contributed by atoms with E-state index in [1.807, 2.05) is 26.2 Å². The van der Waals surface area contributed by atoms with Gasteiger partial charge in [0, 0.05) is 17.9 Å². The zero-order chi connectivity index (χ0) is 12.4. The fourth-order valence-electron chi connectivity index (χ4n) is 1.57. The quantitative estimate of drug-likeness (QED) is 0.907. The summed E-state index contributed by atoms with van der Waals surface area (Å²) in [6.07, 6.45) is 0.583. The number of hydrogen-bond acceptors (Lipinski definition) is 4. The van der Waals surface area contributed by atoms with E-state index in [9.17, 15) is 4.79 Å². The summed E-state index contributed by atoms with van der Waals surface area (Å²) < 4.78 is 0. The molecule has 0 aromatic carbocycles. The monoisotopic (exact) mass is 249 g/mol. The molecule has 0 radical (unpaired) electrons. The first-order chi connectivity index (χ1) is 8.04. The Morgan fingerprint density at radius 3 is 2.76 bits per heavy atom. The summed E-state index contributed by atoms with van der Waals surface area (Å²) >= 11 is 1.61. The van der Waals surface area contributed by atoms with Crippen molar-refractivity contribution in [3.63, 3.8) is 0 Å². The van der Waals surface area contributed by atoms with Gasteiger partial charge in [-0.05, 0) is 12.8 Å². The second-order valence-electron chi connectivity index (χ2n) is 4.31. The predicted molar refractivity (Wildman–Crippen MR) is 68.6 cm³/mol. The van der Waals surface area contributed by atoms with Crippen molar-refractivity contribution in [1.82, 2.24) is 15.0 Å². The van der Waals surface area contributed by atoms with E-state index in [0.29, 0.717) is 12.2 Å². The first-order valence-electron chi connectivity index (χ1n) is 5.55. The van der Waals surface area contributed by atoms with E-state index in [1.54, 1.807) is 17.4 Å². The van der Waals surface area contributed by atoms with Crippen molar-refractivity contribution in [2.45, 2.75) is 33.1 Å². The SMILES string of the molecule is Cc1nc(Cc2nc(C(C)C)cc(=O)[nH]2)cs1. The number of thiazole rings is 1. The molecule has 2 aromatic rings. The predicted octanol–water partition coefficient (Wildman–Crippen LogP) is 2.25. The number of hydrogen-bond donors (Lipinski definition) is 1. The molecule has 0 spiro atoms. The highest BCUT2D eigenvalue weighted by Crippen LogP contribution is 2.12. The van der Waals surface area contributed by atoms with E-state index in [0.717, 1.165) is 16.4 Å². The van der Waals surface area contributed by atoms with Crippen LogP contribution in [0.2, 0.25) is 0 Å². The molecule has 0 aliphatic carbocycles. The largest absolute Gasteiger partial charge is 0.310 e. The molecule has 4 nitrogen and oxygen atoms in total. The minimum Gasteiger partial charge on any atom is -0.310 e.